The van der Waals surface area contributed by atoms with Gasteiger partial charge >= 0.3 is 6.18 Å². The summed E-state index contributed by atoms with van der Waals surface area (Å²) in [6.45, 7) is 5.55. The van der Waals surface area contributed by atoms with Crippen LogP contribution in [0.15, 0.2) is 36.7 Å². The summed E-state index contributed by atoms with van der Waals surface area (Å²) >= 11 is 0. The number of nitrogens with zero attached hydrogens (tertiary/aromatic N) is 6. The number of piperazine rings is 1. The highest BCUT2D eigenvalue weighted by Crippen LogP contribution is 2.45. The Bertz CT molecular complexity index is 1220. The lowest BCUT2D eigenvalue weighted by Crippen LogP contribution is -2.44. The third kappa shape index (κ3) is 7.03. The zero-order valence-corrected chi connectivity index (χ0v) is 23.0. The number of likely N-dealkylation sites (N-methyl/N-ethyl adjacent to an activating group) is 2. The lowest BCUT2D eigenvalue weighted by Gasteiger charge is -2.34. The summed E-state index contributed by atoms with van der Waals surface area (Å²) in [5.74, 6) is 0.228. The molecule has 1 aromatic carbocycles. The normalized spacial score (nSPS) is 19.2. The molecule has 40 heavy (non-hydrogen) atoms. The van der Waals surface area contributed by atoms with Crippen LogP contribution in [0.5, 0.6) is 0 Å². The smallest absolute Gasteiger partial charge is 0.369 e. The van der Waals surface area contributed by atoms with E-state index >= 15 is 0 Å². The van der Waals surface area contributed by atoms with Gasteiger partial charge in [0.2, 0.25) is 11.9 Å². The molecule has 0 bridgehead atoms. The average molecular weight is 559 g/mol. The third-order valence-corrected chi connectivity index (χ3v) is 7.56. The molecule has 2 fully saturated rings. The molecule has 0 unspecified atom stereocenters. The van der Waals surface area contributed by atoms with Crippen molar-refractivity contribution in [1.29, 1.82) is 0 Å². The molecule has 0 spiro atoms. The van der Waals surface area contributed by atoms with Crippen molar-refractivity contribution in [2.24, 2.45) is 0 Å². The van der Waals surface area contributed by atoms with Crippen LogP contribution in [-0.4, -0.2) is 97.0 Å². The Morgan fingerprint density at radius 2 is 1.85 bits per heavy atom. The number of hydrogen-bond acceptors (Lipinski definition) is 8. The fraction of sp³-hybridized carbons (Fsp3) is 0.536. The summed E-state index contributed by atoms with van der Waals surface area (Å²) in [5.41, 5.74) is 2.22. The molecule has 1 aromatic heterocycles. The number of aromatic nitrogens is 2. The molecule has 9 nitrogen and oxygen atoms in total. The van der Waals surface area contributed by atoms with Gasteiger partial charge in [0.25, 0.3) is 0 Å². The number of hydrogen-bond donors (Lipinski definition) is 2. The molecule has 2 N–H and O–H groups in total. The second kappa shape index (κ2) is 12.0. The summed E-state index contributed by atoms with van der Waals surface area (Å²) in [5, 5.41) is 6.02. The number of rotatable bonds is 9. The van der Waals surface area contributed by atoms with E-state index in [1.807, 2.05) is 24.1 Å². The second-order valence-corrected chi connectivity index (χ2v) is 10.9. The predicted molar refractivity (Wildman–Crippen MR) is 150 cm³/mol. The Kier molecular flexibility index (Phi) is 8.46. The molecule has 0 atom stereocenters. The monoisotopic (exact) mass is 558 g/mol. The van der Waals surface area contributed by atoms with Crippen molar-refractivity contribution in [2.45, 2.75) is 31.4 Å². The van der Waals surface area contributed by atoms with Crippen LogP contribution in [0.2, 0.25) is 0 Å². The Labute approximate surface area is 233 Å². The Morgan fingerprint density at radius 3 is 2.58 bits per heavy atom. The minimum absolute atomic E-state index is 0.0362. The SMILES string of the molecule is CN1CCN(c2ccc(Nc3ncc(C(F)(F)F)c(NCCCN4C=CCN(C)CC4=O)n3)c(C3CC3)c2)CC1. The van der Waals surface area contributed by atoms with E-state index in [-0.39, 0.29) is 24.2 Å². The molecular formula is C28H37F3N8O. The summed E-state index contributed by atoms with van der Waals surface area (Å²) in [7, 11) is 3.99. The van der Waals surface area contributed by atoms with Crippen LogP contribution in [-0.2, 0) is 11.0 Å². The minimum Gasteiger partial charge on any atom is -0.369 e. The molecule has 1 aliphatic carbocycles. The van der Waals surface area contributed by atoms with Crippen LogP contribution in [0.3, 0.4) is 0 Å². The number of carbonyl (C=O) groups excluding carboxylic acids is 1. The first-order valence-corrected chi connectivity index (χ1v) is 13.8. The van der Waals surface area contributed by atoms with Gasteiger partial charge in [-0.1, -0.05) is 6.08 Å². The molecule has 1 saturated heterocycles. The minimum atomic E-state index is -4.60. The first-order valence-electron chi connectivity index (χ1n) is 13.8. The summed E-state index contributed by atoms with van der Waals surface area (Å²) < 4.78 is 41.2. The molecule has 3 aliphatic rings. The highest BCUT2D eigenvalue weighted by atomic mass is 19.4. The second-order valence-electron chi connectivity index (χ2n) is 10.9. The number of amides is 1. The largest absolute Gasteiger partial charge is 0.421 e. The molecule has 2 aliphatic heterocycles. The highest BCUT2D eigenvalue weighted by Gasteiger charge is 2.35. The number of alkyl halides is 3. The van der Waals surface area contributed by atoms with E-state index < -0.39 is 11.7 Å². The quantitative estimate of drug-likeness (QED) is 0.448. The Morgan fingerprint density at radius 1 is 1.07 bits per heavy atom. The van der Waals surface area contributed by atoms with Gasteiger partial charge in [-0.25, -0.2) is 4.98 Å². The van der Waals surface area contributed by atoms with Gasteiger partial charge in [0.15, 0.2) is 0 Å². The topological polar surface area (TPSA) is 79.9 Å². The van der Waals surface area contributed by atoms with Crippen molar-refractivity contribution in [3.8, 4) is 0 Å². The van der Waals surface area contributed by atoms with Crippen molar-refractivity contribution in [2.75, 3.05) is 82.0 Å². The van der Waals surface area contributed by atoms with Crippen molar-refractivity contribution >= 4 is 29.0 Å². The molecule has 1 saturated carbocycles. The molecule has 0 radical (unpaired) electrons. The van der Waals surface area contributed by atoms with E-state index in [0.717, 1.165) is 56.5 Å². The zero-order chi connectivity index (χ0) is 28.3. The number of carbonyl (C=O) groups is 1. The van der Waals surface area contributed by atoms with Gasteiger partial charge in [-0.2, -0.15) is 18.2 Å². The standard InChI is InChI=1S/C28H37F3N8O/c1-36-13-15-38(16-14-36)21-7-8-24(22(17-21)20-5-6-20)34-27-33-18-23(28(29,30)31)26(35-27)32-9-3-11-39-12-4-10-37(2)19-25(39)40/h4,7-8,12,17-18,20H,3,5-6,9-11,13-16,19H2,1-2H3,(H2,32,33,34,35). The molecule has 5 rings (SSSR count). The number of halogens is 3. The third-order valence-electron chi connectivity index (χ3n) is 7.56. The fourth-order valence-electron chi connectivity index (χ4n) is 5.04. The van der Waals surface area contributed by atoms with Crippen LogP contribution < -0.4 is 15.5 Å². The van der Waals surface area contributed by atoms with Crippen molar-refractivity contribution in [3.63, 3.8) is 0 Å². The van der Waals surface area contributed by atoms with Gasteiger partial charge in [-0.3, -0.25) is 9.69 Å². The summed E-state index contributed by atoms with van der Waals surface area (Å²) in [6, 6.07) is 6.24. The van der Waals surface area contributed by atoms with Crippen molar-refractivity contribution in [1.82, 2.24) is 24.7 Å². The first kappa shape index (κ1) is 28.2. The molecule has 216 valence electrons. The van der Waals surface area contributed by atoms with E-state index in [2.05, 4.69) is 49.6 Å². The molecule has 2 aromatic rings. The zero-order valence-electron chi connectivity index (χ0n) is 23.0. The van der Waals surface area contributed by atoms with Gasteiger partial charge < -0.3 is 25.3 Å². The summed E-state index contributed by atoms with van der Waals surface area (Å²) in [4.78, 5) is 28.8. The van der Waals surface area contributed by atoms with E-state index in [1.165, 1.54) is 5.69 Å². The van der Waals surface area contributed by atoms with Crippen LogP contribution >= 0.6 is 0 Å². The van der Waals surface area contributed by atoms with Crippen LogP contribution in [0.4, 0.5) is 36.3 Å². The van der Waals surface area contributed by atoms with Gasteiger partial charge in [0.1, 0.15) is 11.4 Å². The maximum Gasteiger partial charge on any atom is 0.421 e. The lowest BCUT2D eigenvalue weighted by molar-refractivity contribution is -0.137. The predicted octanol–water partition coefficient (Wildman–Crippen LogP) is 3.96. The molecular weight excluding hydrogens is 521 g/mol. The average Bonchev–Trinajstić information content (AvgIpc) is 3.76. The number of nitrogens with one attached hydrogen (secondary N) is 2. The molecule has 3 heterocycles. The van der Waals surface area contributed by atoms with Gasteiger partial charge in [0.05, 0.1) is 6.54 Å². The van der Waals surface area contributed by atoms with Crippen molar-refractivity contribution < 1.29 is 18.0 Å². The van der Waals surface area contributed by atoms with Crippen LogP contribution in [0, 0.1) is 0 Å². The van der Waals surface area contributed by atoms with Crippen LogP contribution in [0.1, 0.15) is 36.3 Å². The molecule has 12 heteroatoms. The number of anilines is 4. The maximum absolute atomic E-state index is 13.7. The van der Waals surface area contributed by atoms with E-state index in [0.29, 0.717) is 32.0 Å². The van der Waals surface area contributed by atoms with Gasteiger partial charge in [-0.05, 0) is 63.0 Å². The van der Waals surface area contributed by atoms with E-state index in [9.17, 15) is 18.0 Å². The van der Waals surface area contributed by atoms with E-state index in [4.69, 9.17) is 0 Å². The summed E-state index contributed by atoms with van der Waals surface area (Å²) in [6.07, 6.45) is 2.51. The molecule has 1 amide bonds. The Balaban J connectivity index is 1.28. The van der Waals surface area contributed by atoms with Crippen molar-refractivity contribution in [3.05, 3.63) is 47.8 Å². The maximum atomic E-state index is 13.7. The van der Waals surface area contributed by atoms with Gasteiger partial charge in [0, 0.05) is 69.6 Å². The fourth-order valence-corrected chi connectivity index (χ4v) is 5.04. The highest BCUT2D eigenvalue weighted by molar-refractivity contribution is 5.79. The number of benzene rings is 1. The van der Waals surface area contributed by atoms with Crippen LogP contribution in [0.25, 0.3) is 0 Å². The lowest BCUT2D eigenvalue weighted by atomic mass is 10.1. The van der Waals surface area contributed by atoms with E-state index in [1.54, 1.807) is 11.1 Å². The first-order chi connectivity index (χ1) is 19.2. The Hall–Kier alpha value is -3.38. The van der Waals surface area contributed by atoms with Gasteiger partial charge in [-0.15, -0.1) is 0 Å².